The van der Waals surface area contributed by atoms with E-state index in [1.54, 1.807) is 42.5 Å². The third-order valence-corrected chi connectivity index (χ3v) is 7.49. The van der Waals surface area contributed by atoms with Crippen molar-refractivity contribution in [2.75, 3.05) is 7.11 Å². The van der Waals surface area contributed by atoms with Crippen LogP contribution in [0.5, 0.6) is 11.5 Å². The zero-order valence-electron chi connectivity index (χ0n) is 22.0. The number of rotatable bonds is 7. The lowest BCUT2D eigenvalue weighted by molar-refractivity contribution is 0.283. The predicted octanol–water partition coefficient (Wildman–Crippen LogP) is 7.68. The number of para-hydroxylation sites is 1. The molecule has 0 aliphatic heterocycles. The summed E-state index contributed by atoms with van der Waals surface area (Å²) >= 11 is 7.01. The molecule has 0 aliphatic carbocycles. The molecule has 0 radical (unpaired) electrons. The maximum atomic E-state index is 13.7. The SMILES string of the molecule is COc1cc(Br)cc(C=Nn2c(-c3cc4cc(Br)ccc4o3)nc3ccccc3c2=O)c1OCc1ccccc1C#N. The first-order valence-corrected chi connectivity index (χ1v) is 14.3. The molecular formula is C32H20Br2N4O4. The Morgan fingerprint density at radius 3 is 2.67 bits per heavy atom. The lowest BCUT2D eigenvalue weighted by Crippen LogP contribution is -2.20. The minimum Gasteiger partial charge on any atom is -0.493 e. The second-order valence-corrected chi connectivity index (χ2v) is 11.0. The summed E-state index contributed by atoms with van der Waals surface area (Å²) in [5.41, 5.74) is 2.59. The van der Waals surface area contributed by atoms with Crippen LogP contribution in [0.1, 0.15) is 16.7 Å². The number of hydrogen-bond donors (Lipinski definition) is 0. The average Bonchev–Trinajstić information content (AvgIpc) is 3.43. The van der Waals surface area contributed by atoms with Crippen molar-refractivity contribution >= 4 is 59.9 Å². The summed E-state index contributed by atoms with van der Waals surface area (Å²) in [5.74, 6) is 1.48. The highest BCUT2D eigenvalue weighted by atomic mass is 79.9. The molecule has 6 aromatic rings. The lowest BCUT2D eigenvalue weighted by Gasteiger charge is -2.15. The van der Waals surface area contributed by atoms with E-state index < -0.39 is 0 Å². The minimum absolute atomic E-state index is 0.125. The molecule has 42 heavy (non-hydrogen) atoms. The summed E-state index contributed by atoms with van der Waals surface area (Å²) in [7, 11) is 1.54. The molecule has 0 saturated carbocycles. The molecule has 0 amide bonds. The Hall–Kier alpha value is -4.72. The zero-order valence-corrected chi connectivity index (χ0v) is 25.2. The molecule has 0 N–H and O–H groups in total. The van der Waals surface area contributed by atoms with Gasteiger partial charge in [0.05, 0.1) is 35.9 Å². The average molecular weight is 684 g/mol. The van der Waals surface area contributed by atoms with E-state index >= 15 is 0 Å². The molecule has 4 aromatic carbocycles. The Morgan fingerprint density at radius 2 is 1.83 bits per heavy atom. The van der Waals surface area contributed by atoms with Gasteiger partial charge in [0.1, 0.15) is 12.2 Å². The fourth-order valence-electron chi connectivity index (χ4n) is 4.53. The number of ether oxygens (including phenoxy) is 2. The van der Waals surface area contributed by atoms with E-state index in [4.69, 9.17) is 18.9 Å². The van der Waals surface area contributed by atoms with Crippen LogP contribution in [0.3, 0.4) is 0 Å². The minimum atomic E-state index is -0.360. The lowest BCUT2D eigenvalue weighted by atomic mass is 10.1. The summed E-state index contributed by atoms with van der Waals surface area (Å²) in [5, 5.41) is 15.3. The van der Waals surface area contributed by atoms with E-state index in [0.29, 0.717) is 44.9 Å². The van der Waals surface area contributed by atoms with Gasteiger partial charge in [0.15, 0.2) is 17.3 Å². The molecule has 6 rings (SSSR count). The molecule has 0 atom stereocenters. The second kappa shape index (κ2) is 11.6. The van der Waals surface area contributed by atoms with Gasteiger partial charge in [-0.3, -0.25) is 4.79 Å². The number of aromatic nitrogens is 2. The van der Waals surface area contributed by atoms with E-state index in [0.717, 1.165) is 19.9 Å². The van der Waals surface area contributed by atoms with Gasteiger partial charge in [-0.1, -0.05) is 62.2 Å². The largest absolute Gasteiger partial charge is 0.493 e. The van der Waals surface area contributed by atoms with Crippen molar-refractivity contribution in [3.05, 3.63) is 121 Å². The van der Waals surface area contributed by atoms with Crippen LogP contribution < -0.4 is 15.0 Å². The van der Waals surface area contributed by atoms with Crippen LogP contribution >= 0.6 is 31.9 Å². The van der Waals surface area contributed by atoms with Crippen molar-refractivity contribution in [1.29, 1.82) is 5.26 Å². The number of furan rings is 1. The predicted molar refractivity (Wildman–Crippen MR) is 168 cm³/mol. The van der Waals surface area contributed by atoms with Crippen molar-refractivity contribution in [3.8, 4) is 29.2 Å². The van der Waals surface area contributed by atoms with Crippen molar-refractivity contribution < 1.29 is 13.9 Å². The third-order valence-electron chi connectivity index (χ3n) is 6.54. The Morgan fingerprint density at radius 1 is 1.02 bits per heavy atom. The first-order chi connectivity index (χ1) is 20.4. The van der Waals surface area contributed by atoms with E-state index in [9.17, 15) is 10.1 Å². The number of benzene rings is 4. The summed E-state index contributed by atoms with van der Waals surface area (Å²) in [4.78, 5) is 18.5. The van der Waals surface area contributed by atoms with E-state index in [2.05, 4.69) is 43.0 Å². The van der Waals surface area contributed by atoms with Gasteiger partial charge in [0.25, 0.3) is 5.56 Å². The van der Waals surface area contributed by atoms with Gasteiger partial charge in [-0.15, -0.1) is 0 Å². The Bertz CT molecular complexity index is 2110. The Kier molecular flexibility index (Phi) is 7.61. The van der Waals surface area contributed by atoms with Crippen molar-refractivity contribution in [1.82, 2.24) is 9.66 Å². The molecular weight excluding hydrogens is 664 g/mol. The summed E-state index contributed by atoms with van der Waals surface area (Å²) in [6.07, 6.45) is 1.51. The van der Waals surface area contributed by atoms with Gasteiger partial charge < -0.3 is 13.9 Å². The maximum Gasteiger partial charge on any atom is 0.282 e. The Labute approximate surface area is 256 Å². The van der Waals surface area contributed by atoms with Crippen LogP contribution in [0.4, 0.5) is 0 Å². The Balaban J connectivity index is 1.48. The summed E-state index contributed by atoms with van der Waals surface area (Å²) in [6.45, 7) is 0.125. The molecule has 0 saturated heterocycles. The molecule has 8 nitrogen and oxygen atoms in total. The monoisotopic (exact) mass is 682 g/mol. The van der Waals surface area contributed by atoms with Crippen LogP contribution in [-0.4, -0.2) is 23.0 Å². The highest BCUT2D eigenvalue weighted by Gasteiger charge is 2.18. The van der Waals surface area contributed by atoms with Crippen LogP contribution in [-0.2, 0) is 6.61 Å². The van der Waals surface area contributed by atoms with Crippen LogP contribution in [0, 0.1) is 11.3 Å². The van der Waals surface area contributed by atoms with Crippen LogP contribution in [0.25, 0.3) is 33.5 Å². The smallest absolute Gasteiger partial charge is 0.282 e. The van der Waals surface area contributed by atoms with Gasteiger partial charge in [-0.2, -0.15) is 15.0 Å². The normalized spacial score (nSPS) is 11.3. The first-order valence-electron chi connectivity index (χ1n) is 12.7. The fourth-order valence-corrected chi connectivity index (χ4v) is 5.36. The van der Waals surface area contributed by atoms with Gasteiger partial charge in [-0.05, 0) is 54.6 Å². The number of methoxy groups -OCH3 is 1. The van der Waals surface area contributed by atoms with Crippen molar-refractivity contribution in [2.24, 2.45) is 5.10 Å². The number of halogens is 2. The molecule has 0 aliphatic rings. The highest BCUT2D eigenvalue weighted by Crippen LogP contribution is 2.35. The molecule has 2 aromatic heterocycles. The van der Waals surface area contributed by atoms with E-state index in [1.807, 2.05) is 42.5 Å². The number of nitrogens with zero attached hydrogens (tertiary/aromatic N) is 4. The third kappa shape index (κ3) is 5.32. The maximum absolute atomic E-state index is 13.7. The highest BCUT2D eigenvalue weighted by molar-refractivity contribution is 9.10. The molecule has 0 bridgehead atoms. The van der Waals surface area contributed by atoms with Crippen LogP contribution in [0.2, 0.25) is 0 Å². The fraction of sp³-hybridized carbons (Fsp3) is 0.0625. The quantitative estimate of drug-likeness (QED) is 0.160. The number of nitriles is 1. The van der Waals surface area contributed by atoms with Gasteiger partial charge >= 0.3 is 0 Å². The zero-order chi connectivity index (χ0) is 29.2. The molecule has 206 valence electrons. The summed E-state index contributed by atoms with van der Waals surface area (Å²) < 4.78 is 20.7. The molecule has 0 unspecified atom stereocenters. The van der Waals surface area contributed by atoms with Gasteiger partial charge in [-0.25, -0.2) is 4.98 Å². The standard InChI is InChI=1S/C32H20Br2N4O4/c1-40-28-15-24(34)13-22(30(28)41-18-20-7-3-2-6-19(20)16-35)17-36-38-31(37-26-9-5-4-8-25(26)32(38)39)29-14-21-12-23(33)10-11-27(21)42-29/h2-15,17H,18H2,1H3. The molecule has 0 fully saturated rings. The number of fused-ring (bicyclic) bond motifs is 2. The van der Waals surface area contributed by atoms with Gasteiger partial charge in [0, 0.05) is 25.5 Å². The topological polar surface area (TPSA) is 103 Å². The van der Waals surface area contributed by atoms with E-state index in [-0.39, 0.29) is 18.0 Å². The summed E-state index contributed by atoms with van der Waals surface area (Å²) in [6, 6.07) is 27.5. The van der Waals surface area contributed by atoms with Crippen molar-refractivity contribution in [2.45, 2.75) is 6.61 Å². The van der Waals surface area contributed by atoms with Gasteiger partial charge in [0.2, 0.25) is 5.82 Å². The molecule has 10 heteroatoms. The first kappa shape index (κ1) is 27.4. The van der Waals surface area contributed by atoms with E-state index in [1.165, 1.54) is 18.0 Å². The van der Waals surface area contributed by atoms with Crippen molar-refractivity contribution in [3.63, 3.8) is 0 Å². The second-order valence-electron chi connectivity index (χ2n) is 9.19. The number of hydrogen-bond acceptors (Lipinski definition) is 7. The van der Waals surface area contributed by atoms with Crippen LogP contribution in [0.15, 0.2) is 108 Å². The molecule has 0 spiro atoms. The molecule has 2 heterocycles.